The molecular weight excluding hydrogens is 230 g/mol. The van der Waals surface area contributed by atoms with E-state index in [1.54, 1.807) is 0 Å². The molecule has 1 aliphatic rings. The standard InChI is InChI=1S/C13H19N3S/c1-17-13(14)15-11-7-3-4-8-12(11)16-9-5-2-6-10-16/h3-4,7-8H,2,5-6,9-10H2,1H3,(H2,14,15). The molecule has 0 saturated carbocycles. The Labute approximate surface area is 107 Å². The first-order chi connectivity index (χ1) is 8.31. The highest BCUT2D eigenvalue weighted by atomic mass is 32.2. The Balaban J connectivity index is 2.26. The summed E-state index contributed by atoms with van der Waals surface area (Å²) in [4.78, 5) is 6.88. The Kier molecular flexibility index (Phi) is 4.31. The smallest absolute Gasteiger partial charge is 0.158 e. The van der Waals surface area contributed by atoms with Gasteiger partial charge in [0.05, 0.1) is 11.4 Å². The molecule has 4 heteroatoms. The topological polar surface area (TPSA) is 41.6 Å². The zero-order chi connectivity index (χ0) is 12.1. The minimum absolute atomic E-state index is 0.620. The van der Waals surface area contributed by atoms with Gasteiger partial charge in [-0.1, -0.05) is 23.9 Å². The van der Waals surface area contributed by atoms with Crippen molar-refractivity contribution in [3.63, 3.8) is 0 Å². The Morgan fingerprint density at radius 2 is 1.94 bits per heavy atom. The molecule has 1 aliphatic heterocycles. The molecule has 0 radical (unpaired) electrons. The molecule has 1 heterocycles. The summed E-state index contributed by atoms with van der Waals surface area (Å²) < 4.78 is 0. The molecular formula is C13H19N3S. The molecule has 1 aromatic carbocycles. The van der Waals surface area contributed by atoms with Gasteiger partial charge in [-0.2, -0.15) is 0 Å². The summed E-state index contributed by atoms with van der Waals surface area (Å²) in [6, 6.07) is 8.25. The normalized spacial score (nSPS) is 17.2. The number of anilines is 1. The lowest BCUT2D eigenvalue weighted by Crippen LogP contribution is -2.29. The summed E-state index contributed by atoms with van der Waals surface area (Å²) in [6.07, 6.45) is 5.84. The van der Waals surface area contributed by atoms with E-state index in [0.717, 1.165) is 18.8 Å². The number of amidine groups is 1. The highest BCUT2D eigenvalue weighted by Crippen LogP contribution is 2.30. The van der Waals surface area contributed by atoms with Gasteiger partial charge in [0, 0.05) is 13.1 Å². The van der Waals surface area contributed by atoms with Crippen LogP contribution in [0.15, 0.2) is 29.3 Å². The lowest BCUT2D eigenvalue weighted by atomic mass is 10.1. The summed E-state index contributed by atoms with van der Waals surface area (Å²) >= 11 is 1.48. The third kappa shape index (κ3) is 3.16. The van der Waals surface area contributed by atoms with Crippen molar-refractivity contribution in [3.05, 3.63) is 24.3 Å². The molecule has 1 aromatic rings. The van der Waals surface area contributed by atoms with Crippen LogP contribution in [0.1, 0.15) is 19.3 Å². The van der Waals surface area contributed by atoms with E-state index in [4.69, 9.17) is 5.73 Å². The van der Waals surface area contributed by atoms with E-state index in [0.29, 0.717) is 5.17 Å². The fraction of sp³-hybridized carbons (Fsp3) is 0.462. The number of hydrogen-bond acceptors (Lipinski definition) is 3. The van der Waals surface area contributed by atoms with E-state index >= 15 is 0 Å². The third-order valence-electron chi connectivity index (χ3n) is 3.02. The number of benzene rings is 1. The highest BCUT2D eigenvalue weighted by Gasteiger charge is 2.13. The molecule has 0 bridgehead atoms. The molecule has 0 unspecified atom stereocenters. The van der Waals surface area contributed by atoms with Gasteiger partial charge in [0.1, 0.15) is 0 Å². The summed E-state index contributed by atoms with van der Waals surface area (Å²) in [5.41, 5.74) is 8.00. The molecule has 1 fully saturated rings. The maximum absolute atomic E-state index is 5.80. The highest BCUT2D eigenvalue weighted by molar-refractivity contribution is 8.13. The number of nitrogens with zero attached hydrogens (tertiary/aromatic N) is 2. The van der Waals surface area contributed by atoms with Crippen LogP contribution in [0.5, 0.6) is 0 Å². The minimum atomic E-state index is 0.620. The second-order valence-corrected chi connectivity index (χ2v) is 5.02. The molecule has 17 heavy (non-hydrogen) atoms. The van der Waals surface area contributed by atoms with Gasteiger partial charge in [0.25, 0.3) is 0 Å². The van der Waals surface area contributed by atoms with Crippen LogP contribution in [0.2, 0.25) is 0 Å². The maximum atomic E-state index is 5.80. The lowest BCUT2D eigenvalue weighted by molar-refractivity contribution is 0.578. The summed E-state index contributed by atoms with van der Waals surface area (Å²) in [5.74, 6) is 0. The number of aliphatic imine (C=N–C) groups is 1. The number of nitrogens with two attached hydrogens (primary N) is 1. The van der Waals surface area contributed by atoms with Crippen molar-refractivity contribution < 1.29 is 0 Å². The van der Waals surface area contributed by atoms with Gasteiger partial charge >= 0.3 is 0 Å². The van der Waals surface area contributed by atoms with Crippen LogP contribution in [0.25, 0.3) is 0 Å². The second kappa shape index (κ2) is 5.96. The van der Waals surface area contributed by atoms with Gasteiger partial charge in [0.15, 0.2) is 5.17 Å². The third-order valence-corrected chi connectivity index (χ3v) is 3.53. The van der Waals surface area contributed by atoms with E-state index in [1.165, 1.54) is 36.7 Å². The fourth-order valence-electron chi connectivity index (χ4n) is 2.13. The Morgan fingerprint density at radius 3 is 2.65 bits per heavy atom. The number of hydrogen-bond donors (Lipinski definition) is 1. The second-order valence-electron chi connectivity index (χ2n) is 4.19. The predicted octanol–water partition coefficient (Wildman–Crippen LogP) is 2.99. The first kappa shape index (κ1) is 12.3. The summed E-state index contributed by atoms with van der Waals surface area (Å²) in [7, 11) is 0. The predicted molar refractivity (Wildman–Crippen MR) is 77.3 cm³/mol. The number of piperidine rings is 1. The molecule has 0 aliphatic carbocycles. The Morgan fingerprint density at radius 1 is 1.24 bits per heavy atom. The fourth-order valence-corrected chi connectivity index (χ4v) is 2.31. The van der Waals surface area contributed by atoms with Crippen molar-refractivity contribution >= 4 is 28.3 Å². The van der Waals surface area contributed by atoms with Crippen molar-refractivity contribution in [2.24, 2.45) is 10.7 Å². The van der Waals surface area contributed by atoms with Crippen LogP contribution >= 0.6 is 11.8 Å². The van der Waals surface area contributed by atoms with E-state index < -0.39 is 0 Å². The van der Waals surface area contributed by atoms with E-state index in [1.807, 2.05) is 18.4 Å². The summed E-state index contributed by atoms with van der Waals surface area (Å²) in [5, 5.41) is 0.620. The van der Waals surface area contributed by atoms with Crippen molar-refractivity contribution in [2.75, 3.05) is 24.2 Å². The lowest BCUT2D eigenvalue weighted by Gasteiger charge is -2.29. The molecule has 1 saturated heterocycles. The molecule has 2 rings (SSSR count). The number of thioether (sulfide) groups is 1. The van der Waals surface area contributed by atoms with E-state index in [2.05, 4.69) is 22.0 Å². The van der Waals surface area contributed by atoms with Crippen LogP contribution in [-0.2, 0) is 0 Å². The Bertz CT molecular complexity index is 397. The van der Waals surface area contributed by atoms with Crippen molar-refractivity contribution in [1.82, 2.24) is 0 Å². The van der Waals surface area contributed by atoms with Crippen LogP contribution in [-0.4, -0.2) is 24.5 Å². The number of rotatable bonds is 2. The molecule has 3 nitrogen and oxygen atoms in total. The van der Waals surface area contributed by atoms with Gasteiger partial charge in [-0.3, -0.25) is 0 Å². The monoisotopic (exact) mass is 249 g/mol. The van der Waals surface area contributed by atoms with Crippen molar-refractivity contribution in [3.8, 4) is 0 Å². The van der Waals surface area contributed by atoms with Gasteiger partial charge < -0.3 is 10.6 Å². The van der Waals surface area contributed by atoms with Gasteiger partial charge in [-0.25, -0.2) is 4.99 Å². The molecule has 0 atom stereocenters. The molecule has 92 valence electrons. The van der Waals surface area contributed by atoms with Gasteiger partial charge in [-0.05, 0) is 37.7 Å². The van der Waals surface area contributed by atoms with Gasteiger partial charge in [0.2, 0.25) is 0 Å². The van der Waals surface area contributed by atoms with Crippen LogP contribution in [0, 0.1) is 0 Å². The average Bonchev–Trinajstić information content (AvgIpc) is 2.40. The molecule has 0 spiro atoms. The Hall–Kier alpha value is -1.16. The first-order valence-corrected chi connectivity index (χ1v) is 7.26. The van der Waals surface area contributed by atoms with E-state index in [-0.39, 0.29) is 0 Å². The van der Waals surface area contributed by atoms with Crippen LogP contribution < -0.4 is 10.6 Å². The molecule has 2 N–H and O–H groups in total. The minimum Gasteiger partial charge on any atom is -0.378 e. The van der Waals surface area contributed by atoms with E-state index in [9.17, 15) is 0 Å². The van der Waals surface area contributed by atoms with Crippen LogP contribution in [0.3, 0.4) is 0 Å². The SMILES string of the molecule is CSC(N)=Nc1ccccc1N1CCCCC1. The zero-order valence-corrected chi connectivity index (χ0v) is 11.0. The van der Waals surface area contributed by atoms with Crippen molar-refractivity contribution in [1.29, 1.82) is 0 Å². The molecule has 0 aromatic heterocycles. The van der Waals surface area contributed by atoms with Crippen molar-refractivity contribution in [2.45, 2.75) is 19.3 Å². The average molecular weight is 249 g/mol. The largest absolute Gasteiger partial charge is 0.378 e. The summed E-state index contributed by atoms with van der Waals surface area (Å²) in [6.45, 7) is 2.26. The maximum Gasteiger partial charge on any atom is 0.158 e. The first-order valence-electron chi connectivity index (χ1n) is 6.03. The zero-order valence-electron chi connectivity index (χ0n) is 10.2. The van der Waals surface area contributed by atoms with Crippen LogP contribution in [0.4, 0.5) is 11.4 Å². The quantitative estimate of drug-likeness (QED) is 0.647. The molecule has 0 amide bonds. The van der Waals surface area contributed by atoms with Gasteiger partial charge in [-0.15, -0.1) is 0 Å². The number of para-hydroxylation sites is 2.